The van der Waals surface area contributed by atoms with Crippen LogP contribution in [0.15, 0.2) is 0 Å². The van der Waals surface area contributed by atoms with Crippen LogP contribution in [0, 0.1) is 6.61 Å². The zero-order valence-corrected chi connectivity index (χ0v) is 4.60. The fourth-order valence-corrected chi connectivity index (χ4v) is 0.503. The van der Waals surface area contributed by atoms with Crippen molar-refractivity contribution in [3.63, 3.8) is 0 Å². The Morgan fingerprint density at radius 2 is 2.29 bits per heavy atom. The molecule has 0 N–H and O–H groups in total. The van der Waals surface area contributed by atoms with E-state index < -0.39 is 0 Å². The Balaban J connectivity index is 2.40. The maximum absolute atomic E-state index is 5.06. The van der Waals surface area contributed by atoms with E-state index in [2.05, 4.69) is 0 Å². The fourth-order valence-electron chi connectivity index (χ4n) is 0.503. The molecule has 0 bridgehead atoms. The summed E-state index contributed by atoms with van der Waals surface area (Å²) in [4.78, 5) is 0. The van der Waals surface area contributed by atoms with Gasteiger partial charge in [0.1, 0.15) is 6.61 Å². The highest BCUT2D eigenvalue weighted by atomic mass is 16.7. The molecule has 0 aliphatic carbocycles. The highest BCUT2D eigenvalue weighted by Crippen LogP contribution is 2.18. The third-order valence-electron chi connectivity index (χ3n) is 0.866. The van der Waals surface area contributed by atoms with E-state index in [1.165, 1.54) is 0 Å². The van der Waals surface area contributed by atoms with Crippen molar-refractivity contribution >= 4 is 0 Å². The third-order valence-corrected chi connectivity index (χ3v) is 0.866. The van der Waals surface area contributed by atoms with Crippen molar-refractivity contribution in [1.82, 2.24) is 0 Å². The van der Waals surface area contributed by atoms with Gasteiger partial charge in [0.25, 0.3) is 0 Å². The molecule has 0 spiro atoms. The number of ether oxygens (including phenoxy) is 2. The molecule has 1 radical (unpaired) electrons. The van der Waals surface area contributed by atoms with E-state index in [1.54, 1.807) is 6.61 Å². The van der Waals surface area contributed by atoms with Gasteiger partial charge in [-0.05, 0) is 13.8 Å². The van der Waals surface area contributed by atoms with Crippen LogP contribution in [0.4, 0.5) is 0 Å². The lowest BCUT2D eigenvalue weighted by molar-refractivity contribution is -0.118. The Bertz CT molecular complexity index is 60.5. The molecule has 2 heteroatoms. The highest BCUT2D eigenvalue weighted by Gasteiger charge is 2.24. The van der Waals surface area contributed by atoms with Crippen molar-refractivity contribution in [2.75, 3.05) is 6.61 Å². The average molecular weight is 101 g/mol. The molecule has 41 valence electrons. The van der Waals surface area contributed by atoms with Crippen LogP contribution in [0.3, 0.4) is 0 Å². The first-order valence-electron chi connectivity index (χ1n) is 2.34. The van der Waals surface area contributed by atoms with Crippen LogP contribution in [0.2, 0.25) is 0 Å². The number of hydrogen-bond donors (Lipinski definition) is 0. The van der Waals surface area contributed by atoms with E-state index in [9.17, 15) is 0 Å². The van der Waals surface area contributed by atoms with Crippen molar-refractivity contribution in [3.05, 3.63) is 6.61 Å². The molecular weight excluding hydrogens is 92.1 g/mol. The standard InChI is InChI=1S/C5H9O2/c1-5(2)6-3-4-7-5/h3H,4H2,1-2H3. The highest BCUT2D eigenvalue weighted by molar-refractivity contribution is 4.66. The second kappa shape index (κ2) is 1.46. The Kier molecular flexibility index (Phi) is 1.05. The number of hydrogen-bond acceptors (Lipinski definition) is 2. The second-order valence-corrected chi connectivity index (χ2v) is 2.00. The zero-order chi connectivity index (χ0) is 5.33. The molecule has 0 aromatic heterocycles. The Morgan fingerprint density at radius 1 is 1.57 bits per heavy atom. The maximum Gasteiger partial charge on any atom is 0.163 e. The molecule has 1 aliphatic rings. The van der Waals surface area contributed by atoms with E-state index in [0.717, 1.165) is 0 Å². The smallest absolute Gasteiger partial charge is 0.163 e. The number of rotatable bonds is 0. The first kappa shape index (κ1) is 5.06. The van der Waals surface area contributed by atoms with Gasteiger partial charge < -0.3 is 9.47 Å². The monoisotopic (exact) mass is 101 g/mol. The van der Waals surface area contributed by atoms with E-state index in [0.29, 0.717) is 6.61 Å². The van der Waals surface area contributed by atoms with Crippen LogP contribution in [-0.2, 0) is 9.47 Å². The van der Waals surface area contributed by atoms with Crippen LogP contribution < -0.4 is 0 Å². The molecule has 1 rings (SSSR count). The van der Waals surface area contributed by atoms with Gasteiger partial charge in [0.2, 0.25) is 0 Å². The summed E-state index contributed by atoms with van der Waals surface area (Å²) in [6.07, 6.45) is 0. The van der Waals surface area contributed by atoms with Crippen molar-refractivity contribution in [1.29, 1.82) is 0 Å². The van der Waals surface area contributed by atoms with E-state index >= 15 is 0 Å². The summed E-state index contributed by atoms with van der Waals surface area (Å²) in [6, 6.07) is 0. The van der Waals surface area contributed by atoms with Crippen molar-refractivity contribution in [3.8, 4) is 0 Å². The van der Waals surface area contributed by atoms with Crippen LogP contribution in [-0.4, -0.2) is 12.4 Å². The van der Waals surface area contributed by atoms with Crippen molar-refractivity contribution < 1.29 is 9.47 Å². The van der Waals surface area contributed by atoms with Gasteiger partial charge in [-0.15, -0.1) is 0 Å². The lowest BCUT2D eigenvalue weighted by Gasteiger charge is -2.13. The third kappa shape index (κ3) is 1.14. The van der Waals surface area contributed by atoms with Gasteiger partial charge in [0, 0.05) is 0 Å². The average Bonchev–Trinajstić information content (AvgIpc) is 1.84. The van der Waals surface area contributed by atoms with Gasteiger partial charge in [-0.2, -0.15) is 0 Å². The summed E-state index contributed by atoms with van der Waals surface area (Å²) in [5.41, 5.74) is 0. The first-order chi connectivity index (χ1) is 3.21. The van der Waals surface area contributed by atoms with Crippen LogP contribution in [0.1, 0.15) is 13.8 Å². The molecule has 0 aromatic carbocycles. The molecule has 1 aliphatic heterocycles. The zero-order valence-electron chi connectivity index (χ0n) is 4.60. The van der Waals surface area contributed by atoms with E-state index in [1.807, 2.05) is 13.8 Å². The molecule has 0 atom stereocenters. The van der Waals surface area contributed by atoms with Gasteiger partial charge in [-0.3, -0.25) is 0 Å². The van der Waals surface area contributed by atoms with Gasteiger partial charge in [0.05, 0.1) is 6.61 Å². The maximum atomic E-state index is 5.06. The molecule has 0 unspecified atom stereocenters. The molecule has 1 saturated heterocycles. The Morgan fingerprint density at radius 3 is 2.43 bits per heavy atom. The predicted molar refractivity (Wildman–Crippen MR) is 25.4 cm³/mol. The lowest BCUT2D eigenvalue weighted by Crippen LogP contribution is -2.18. The second-order valence-electron chi connectivity index (χ2n) is 2.00. The predicted octanol–water partition coefficient (Wildman–Crippen LogP) is 0.931. The Labute approximate surface area is 43.4 Å². The summed E-state index contributed by atoms with van der Waals surface area (Å²) >= 11 is 0. The molecule has 1 fully saturated rings. The fraction of sp³-hybridized carbons (Fsp3) is 0.800. The molecule has 0 saturated carbocycles. The van der Waals surface area contributed by atoms with E-state index in [-0.39, 0.29) is 5.79 Å². The van der Waals surface area contributed by atoms with Crippen LogP contribution in [0.25, 0.3) is 0 Å². The van der Waals surface area contributed by atoms with Gasteiger partial charge in [-0.1, -0.05) is 0 Å². The molecule has 1 heterocycles. The van der Waals surface area contributed by atoms with Gasteiger partial charge >= 0.3 is 0 Å². The molecule has 0 amide bonds. The minimum atomic E-state index is -0.361. The first-order valence-corrected chi connectivity index (χ1v) is 2.34. The normalized spacial score (nSPS) is 28.3. The lowest BCUT2D eigenvalue weighted by atomic mass is 10.4. The quantitative estimate of drug-likeness (QED) is 0.452. The van der Waals surface area contributed by atoms with Crippen LogP contribution in [0.5, 0.6) is 0 Å². The SMILES string of the molecule is CC1(C)O[CH]CO1. The van der Waals surface area contributed by atoms with E-state index in [4.69, 9.17) is 9.47 Å². The summed E-state index contributed by atoms with van der Waals surface area (Å²) < 4.78 is 10.1. The summed E-state index contributed by atoms with van der Waals surface area (Å²) in [7, 11) is 0. The minimum Gasteiger partial charge on any atom is -0.348 e. The van der Waals surface area contributed by atoms with Crippen molar-refractivity contribution in [2.45, 2.75) is 19.6 Å². The van der Waals surface area contributed by atoms with Crippen molar-refractivity contribution in [2.24, 2.45) is 0 Å². The molecule has 0 aromatic rings. The summed E-state index contributed by atoms with van der Waals surface area (Å²) in [5.74, 6) is -0.361. The summed E-state index contributed by atoms with van der Waals surface area (Å²) in [6.45, 7) is 6.06. The summed E-state index contributed by atoms with van der Waals surface area (Å²) in [5, 5.41) is 0. The van der Waals surface area contributed by atoms with Crippen LogP contribution >= 0.6 is 0 Å². The molecule has 2 nitrogen and oxygen atoms in total. The topological polar surface area (TPSA) is 18.5 Å². The Hall–Kier alpha value is -0.0800. The van der Waals surface area contributed by atoms with Gasteiger partial charge in [-0.25, -0.2) is 0 Å². The molecule has 7 heavy (non-hydrogen) atoms. The van der Waals surface area contributed by atoms with Gasteiger partial charge in [0.15, 0.2) is 5.79 Å². The largest absolute Gasteiger partial charge is 0.348 e. The molecular formula is C5H9O2. The minimum absolute atomic E-state index is 0.361.